The van der Waals surface area contributed by atoms with Crippen molar-refractivity contribution in [2.75, 3.05) is 0 Å². The first-order valence-corrected chi connectivity index (χ1v) is 4.55. The molecule has 0 saturated carbocycles. The summed E-state index contributed by atoms with van der Waals surface area (Å²) in [6.45, 7) is 2.02. The summed E-state index contributed by atoms with van der Waals surface area (Å²) in [7, 11) is 0. The average molecular weight is 180 g/mol. The first-order valence-electron chi connectivity index (χ1n) is 4.55. The van der Waals surface area contributed by atoms with Crippen molar-refractivity contribution in [3.63, 3.8) is 0 Å². The smallest absolute Gasteiger partial charge is 0.146 e. The van der Waals surface area contributed by atoms with Gasteiger partial charge in [-0.15, -0.1) is 0 Å². The molecular weight excluding hydrogens is 168 g/mol. The Bertz CT molecular complexity index is 328. The van der Waals surface area contributed by atoms with E-state index in [0.29, 0.717) is 0 Å². The molecule has 1 N–H and O–H groups in total. The molecule has 0 unspecified atom stereocenters. The van der Waals surface area contributed by atoms with Crippen LogP contribution >= 0.6 is 0 Å². The van der Waals surface area contributed by atoms with E-state index in [1.807, 2.05) is 6.92 Å². The maximum atomic E-state index is 8.79. The summed E-state index contributed by atoms with van der Waals surface area (Å²) in [5.74, 6) is 0.871. The van der Waals surface area contributed by atoms with Crippen LogP contribution in [0.5, 0.6) is 0 Å². The van der Waals surface area contributed by atoms with E-state index in [1.165, 1.54) is 0 Å². The Morgan fingerprint density at radius 2 is 2.38 bits per heavy atom. The maximum Gasteiger partial charge on any atom is 0.146 e. The van der Waals surface area contributed by atoms with Gasteiger partial charge in [0.2, 0.25) is 0 Å². The Hall–Kier alpha value is -1.32. The fourth-order valence-electron chi connectivity index (χ4n) is 1.74. The molecule has 4 nitrogen and oxygen atoms in total. The monoisotopic (exact) mass is 180 g/mol. The molecule has 13 heavy (non-hydrogen) atoms. The molecule has 2 rings (SSSR count). The van der Waals surface area contributed by atoms with Gasteiger partial charge in [-0.05, 0) is 19.3 Å². The molecule has 1 aromatic rings. The Kier molecular flexibility index (Phi) is 2.04. The first kappa shape index (κ1) is 8.29. The van der Waals surface area contributed by atoms with Crippen molar-refractivity contribution in [1.82, 2.24) is 5.16 Å². The number of fused-ring (bicyclic) bond motifs is 1. The zero-order valence-electron chi connectivity index (χ0n) is 7.58. The summed E-state index contributed by atoms with van der Waals surface area (Å²) >= 11 is 0. The molecule has 0 fully saturated rings. The van der Waals surface area contributed by atoms with Gasteiger partial charge in [-0.1, -0.05) is 17.2 Å². The van der Waals surface area contributed by atoms with Crippen LogP contribution in [0, 0.1) is 0 Å². The van der Waals surface area contributed by atoms with Gasteiger partial charge < -0.3 is 9.73 Å². The lowest BCUT2D eigenvalue weighted by Gasteiger charge is -2.10. The third kappa shape index (κ3) is 1.22. The van der Waals surface area contributed by atoms with Gasteiger partial charge in [0.05, 0.1) is 17.0 Å². The number of oxime groups is 1. The Morgan fingerprint density at radius 3 is 3.08 bits per heavy atom. The summed E-state index contributed by atoms with van der Waals surface area (Å²) < 4.78 is 5.17. The van der Waals surface area contributed by atoms with Crippen LogP contribution in [-0.2, 0) is 12.8 Å². The molecule has 70 valence electrons. The largest absolute Gasteiger partial charge is 0.411 e. The van der Waals surface area contributed by atoms with Crippen molar-refractivity contribution >= 4 is 5.71 Å². The molecule has 0 bridgehead atoms. The molecule has 0 saturated heterocycles. The lowest BCUT2D eigenvalue weighted by molar-refractivity contribution is 0.316. The minimum Gasteiger partial charge on any atom is -0.411 e. The van der Waals surface area contributed by atoms with Gasteiger partial charge in [0, 0.05) is 6.42 Å². The van der Waals surface area contributed by atoms with E-state index in [-0.39, 0.29) is 0 Å². The van der Waals surface area contributed by atoms with Crippen molar-refractivity contribution in [2.24, 2.45) is 5.16 Å². The summed E-state index contributed by atoms with van der Waals surface area (Å²) in [5.41, 5.74) is 2.57. The first-order chi connectivity index (χ1) is 6.36. The van der Waals surface area contributed by atoms with Gasteiger partial charge in [-0.3, -0.25) is 0 Å². The molecule has 1 aromatic heterocycles. The van der Waals surface area contributed by atoms with Crippen LogP contribution in [0.15, 0.2) is 9.68 Å². The molecule has 0 radical (unpaired) electrons. The summed E-state index contributed by atoms with van der Waals surface area (Å²) in [5, 5.41) is 16.0. The second-order valence-electron chi connectivity index (χ2n) is 3.18. The van der Waals surface area contributed by atoms with Gasteiger partial charge in [0.1, 0.15) is 5.76 Å². The molecule has 0 aromatic carbocycles. The van der Waals surface area contributed by atoms with Crippen LogP contribution in [0.3, 0.4) is 0 Å². The van der Waals surface area contributed by atoms with Gasteiger partial charge >= 0.3 is 0 Å². The highest BCUT2D eigenvalue weighted by atomic mass is 16.5. The SMILES string of the molecule is CCc1noc2c1C(=NO)CCC2. The fourth-order valence-corrected chi connectivity index (χ4v) is 1.74. The number of rotatable bonds is 1. The molecule has 1 heterocycles. The Morgan fingerprint density at radius 1 is 1.54 bits per heavy atom. The number of hydrogen-bond acceptors (Lipinski definition) is 4. The molecule has 0 aliphatic heterocycles. The van der Waals surface area contributed by atoms with E-state index in [4.69, 9.17) is 9.73 Å². The fraction of sp³-hybridized carbons (Fsp3) is 0.556. The normalized spacial score (nSPS) is 19.0. The van der Waals surface area contributed by atoms with Crippen molar-refractivity contribution in [2.45, 2.75) is 32.6 Å². The van der Waals surface area contributed by atoms with E-state index in [0.717, 1.165) is 48.4 Å². The molecule has 0 amide bonds. The van der Waals surface area contributed by atoms with Crippen LogP contribution in [0.25, 0.3) is 0 Å². The van der Waals surface area contributed by atoms with E-state index in [1.54, 1.807) is 0 Å². The van der Waals surface area contributed by atoms with Crippen LogP contribution in [0.1, 0.15) is 36.8 Å². The number of aryl methyl sites for hydroxylation is 2. The highest BCUT2D eigenvalue weighted by Crippen LogP contribution is 2.24. The third-order valence-electron chi connectivity index (χ3n) is 2.40. The lowest BCUT2D eigenvalue weighted by atomic mass is 9.94. The molecule has 1 aliphatic carbocycles. The second kappa shape index (κ2) is 3.20. The Labute approximate surface area is 76.2 Å². The minimum atomic E-state index is 0.722. The van der Waals surface area contributed by atoms with Crippen molar-refractivity contribution < 1.29 is 9.73 Å². The van der Waals surface area contributed by atoms with Crippen LogP contribution < -0.4 is 0 Å². The quantitative estimate of drug-likeness (QED) is 0.529. The predicted octanol–water partition coefficient (Wildman–Crippen LogP) is 1.75. The van der Waals surface area contributed by atoms with Crippen molar-refractivity contribution in [3.05, 3.63) is 17.0 Å². The van der Waals surface area contributed by atoms with Gasteiger partial charge in [-0.25, -0.2) is 0 Å². The van der Waals surface area contributed by atoms with Crippen LogP contribution in [0.2, 0.25) is 0 Å². The average Bonchev–Trinajstić information content (AvgIpc) is 2.60. The van der Waals surface area contributed by atoms with Gasteiger partial charge in [0.15, 0.2) is 0 Å². The maximum absolute atomic E-state index is 8.79. The third-order valence-corrected chi connectivity index (χ3v) is 2.40. The summed E-state index contributed by atoms with van der Waals surface area (Å²) in [6, 6.07) is 0. The van der Waals surface area contributed by atoms with Gasteiger partial charge in [-0.2, -0.15) is 0 Å². The minimum absolute atomic E-state index is 0.722. The van der Waals surface area contributed by atoms with E-state index < -0.39 is 0 Å². The molecule has 1 aliphatic rings. The zero-order valence-corrected chi connectivity index (χ0v) is 7.58. The van der Waals surface area contributed by atoms with E-state index >= 15 is 0 Å². The second-order valence-corrected chi connectivity index (χ2v) is 3.18. The zero-order chi connectivity index (χ0) is 9.26. The molecular formula is C9H12N2O2. The summed E-state index contributed by atoms with van der Waals surface area (Å²) in [6.07, 6.45) is 3.52. The predicted molar refractivity (Wildman–Crippen MR) is 47.1 cm³/mol. The topological polar surface area (TPSA) is 58.6 Å². The van der Waals surface area contributed by atoms with Crippen LogP contribution in [-0.4, -0.2) is 16.1 Å². The standard InChI is InChI=1S/C9H12N2O2/c1-2-6-9-7(10-12)4-3-5-8(9)13-11-6/h12H,2-5H2,1H3. The number of aromatic nitrogens is 1. The number of nitrogens with zero attached hydrogens (tertiary/aromatic N) is 2. The Balaban J connectivity index is 2.51. The highest BCUT2D eigenvalue weighted by Gasteiger charge is 2.24. The van der Waals surface area contributed by atoms with E-state index in [9.17, 15) is 0 Å². The lowest BCUT2D eigenvalue weighted by Crippen LogP contribution is -2.11. The van der Waals surface area contributed by atoms with E-state index in [2.05, 4.69) is 10.3 Å². The molecule has 0 spiro atoms. The van der Waals surface area contributed by atoms with Gasteiger partial charge in [0.25, 0.3) is 0 Å². The highest BCUT2D eigenvalue weighted by molar-refractivity contribution is 6.02. The summed E-state index contributed by atoms with van der Waals surface area (Å²) in [4.78, 5) is 0. The van der Waals surface area contributed by atoms with Crippen molar-refractivity contribution in [3.8, 4) is 0 Å². The van der Waals surface area contributed by atoms with Crippen LogP contribution in [0.4, 0.5) is 0 Å². The van der Waals surface area contributed by atoms with Crippen molar-refractivity contribution in [1.29, 1.82) is 0 Å². The molecule has 4 heteroatoms. The molecule has 0 atom stereocenters. The number of hydrogen-bond donors (Lipinski definition) is 1.